The maximum Gasteiger partial charge on any atom is 0.309 e. The van der Waals surface area contributed by atoms with Crippen LogP contribution in [0.3, 0.4) is 0 Å². The summed E-state index contributed by atoms with van der Waals surface area (Å²) in [6.45, 7) is 0.446. The largest absolute Gasteiger partial charge is 0.497 e. The lowest BCUT2D eigenvalue weighted by Crippen LogP contribution is -2.43. The maximum absolute atomic E-state index is 11.4. The summed E-state index contributed by atoms with van der Waals surface area (Å²) in [6.07, 6.45) is 4.24. The Kier molecular flexibility index (Phi) is 4.27. The van der Waals surface area contributed by atoms with Crippen LogP contribution in [-0.2, 0) is 15.0 Å². The minimum atomic E-state index is -0.937. The minimum Gasteiger partial charge on any atom is -0.497 e. The van der Waals surface area contributed by atoms with Crippen molar-refractivity contribution in [1.29, 1.82) is 0 Å². The number of hydrogen-bond acceptors (Lipinski definition) is 3. The van der Waals surface area contributed by atoms with Crippen LogP contribution in [0.4, 0.5) is 0 Å². The number of nitrogens with one attached hydrogen (secondary N) is 1. The molecule has 1 saturated carbocycles. The van der Waals surface area contributed by atoms with Gasteiger partial charge in [0.2, 0.25) is 0 Å². The molecule has 3 N–H and O–H groups in total. The Morgan fingerprint density at radius 2 is 1.85 bits per heavy atom. The molecule has 0 unspecified atom stereocenters. The molecule has 0 atom stereocenters. The second kappa shape index (κ2) is 5.94. The number of rotatable bonds is 4. The predicted octanol–water partition coefficient (Wildman–Crippen LogP) is 1.11. The van der Waals surface area contributed by atoms with Gasteiger partial charge in [-0.2, -0.15) is 0 Å². The monoisotopic (exact) mass is 276 g/mol. The van der Waals surface area contributed by atoms with E-state index in [0.717, 1.165) is 31.4 Å². The van der Waals surface area contributed by atoms with Crippen molar-refractivity contribution in [3.05, 3.63) is 29.8 Å². The molecule has 5 heteroatoms. The van der Waals surface area contributed by atoms with E-state index in [2.05, 4.69) is 5.32 Å². The van der Waals surface area contributed by atoms with Gasteiger partial charge in [-0.05, 0) is 30.5 Å². The predicted molar refractivity (Wildman–Crippen MR) is 75.3 cm³/mol. The van der Waals surface area contributed by atoms with Crippen LogP contribution in [0.5, 0.6) is 5.75 Å². The van der Waals surface area contributed by atoms with Gasteiger partial charge in [0, 0.05) is 12.0 Å². The average molecular weight is 276 g/mol. The molecular formula is C15H20N2O3. The molecule has 0 bridgehead atoms. The summed E-state index contributed by atoms with van der Waals surface area (Å²) in [5.74, 6) is -0.847. The van der Waals surface area contributed by atoms with Gasteiger partial charge in [0.1, 0.15) is 5.75 Å². The van der Waals surface area contributed by atoms with E-state index >= 15 is 0 Å². The van der Waals surface area contributed by atoms with Crippen LogP contribution in [0, 0.1) is 0 Å². The van der Waals surface area contributed by atoms with Gasteiger partial charge in [-0.1, -0.05) is 25.0 Å². The Bertz CT molecular complexity index is 490. The van der Waals surface area contributed by atoms with Crippen LogP contribution >= 0.6 is 0 Å². The van der Waals surface area contributed by atoms with Crippen molar-refractivity contribution in [2.45, 2.75) is 31.1 Å². The number of hydrogen-bond donors (Lipinski definition) is 2. The van der Waals surface area contributed by atoms with E-state index in [1.54, 1.807) is 7.11 Å². The number of ether oxygens (including phenoxy) is 1. The highest BCUT2D eigenvalue weighted by Crippen LogP contribution is 2.41. The van der Waals surface area contributed by atoms with E-state index in [4.69, 9.17) is 10.5 Å². The normalized spacial score (nSPS) is 16.6. The highest BCUT2D eigenvalue weighted by atomic mass is 16.5. The van der Waals surface area contributed by atoms with Crippen LogP contribution in [0.2, 0.25) is 0 Å². The van der Waals surface area contributed by atoms with Gasteiger partial charge >= 0.3 is 11.8 Å². The van der Waals surface area contributed by atoms with Gasteiger partial charge in [0.05, 0.1) is 7.11 Å². The first-order valence-corrected chi connectivity index (χ1v) is 6.79. The molecule has 108 valence electrons. The van der Waals surface area contributed by atoms with E-state index in [1.165, 1.54) is 5.56 Å². The van der Waals surface area contributed by atoms with E-state index in [1.807, 2.05) is 24.3 Å². The van der Waals surface area contributed by atoms with Crippen molar-refractivity contribution in [3.63, 3.8) is 0 Å². The second-order valence-corrected chi connectivity index (χ2v) is 5.26. The van der Waals surface area contributed by atoms with E-state index < -0.39 is 11.8 Å². The zero-order chi connectivity index (χ0) is 14.6. The van der Waals surface area contributed by atoms with Crippen LogP contribution in [-0.4, -0.2) is 25.5 Å². The smallest absolute Gasteiger partial charge is 0.309 e. The third kappa shape index (κ3) is 2.92. The highest BCUT2D eigenvalue weighted by molar-refractivity contribution is 6.34. The number of amides is 2. The summed E-state index contributed by atoms with van der Waals surface area (Å²) in [5, 5.41) is 2.65. The molecule has 0 aromatic heterocycles. The van der Waals surface area contributed by atoms with Crippen molar-refractivity contribution in [2.24, 2.45) is 5.73 Å². The minimum absolute atomic E-state index is 0.0998. The van der Waals surface area contributed by atoms with Crippen molar-refractivity contribution in [1.82, 2.24) is 5.32 Å². The standard InChI is InChI=1S/C15H20N2O3/c1-20-12-6-4-11(5-7-12)15(8-2-3-9-15)10-17-14(19)13(16)18/h4-7H,2-3,8-10H2,1H3,(H2,16,18)(H,17,19). The Balaban J connectivity index is 2.16. The van der Waals surface area contributed by atoms with Gasteiger partial charge in [0.25, 0.3) is 0 Å². The van der Waals surface area contributed by atoms with Crippen molar-refractivity contribution in [2.75, 3.05) is 13.7 Å². The fourth-order valence-corrected chi connectivity index (χ4v) is 2.90. The number of nitrogens with two attached hydrogens (primary N) is 1. The SMILES string of the molecule is COc1ccc(C2(CNC(=O)C(N)=O)CCCC2)cc1. The third-order valence-electron chi connectivity index (χ3n) is 4.07. The molecule has 0 aliphatic heterocycles. The van der Waals surface area contributed by atoms with Crippen LogP contribution in [0.1, 0.15) is 31.2 Å². The molecular weight excluding hydrogens is 256 g/mol. The number of benzene rings is 1. The molecule has 5 nitrogen and oxygen atoms in total. The Labute approximate surface area is 118 Å². The average Bonchev–Trinajstić information content (AvgIpc) is 2.95. The summed E-state index contributed by atoms with van der Waals surface area (Å²) >= 11 is 0. The lowest BCUT2D eigenvalue weighted by Gasteiger charge is -2.30. The molecule has 1 aromatic rings. The first-order chi connectivity index (χ1) is 9.57. The third-order valence-corrected chi connectivity index (χ3v) is 4.07. The summed E-state index contributed by atoms with van der Waals surface area (Å²) < 4.78 is 5.16. The summed E-state index contributed by atoms with van der Waals surface area (Å²) in [5.41, 5.74) is 6.04. The summed E-state index contributed by atoms with van der Waals surface area (Å²) in [4.78, 5) is 22.2. The van der Waals surface area contributed by atoms with Gasteiger partial charge < -0.3 is 15.8 Å². The summed E-state index contributed by atoms with van der Waals surface area (Å²) in [7, 11) is 1.63. The molecule has 2 amide bonds. The topological polar surface area (TPSA) is 81.4 Å². The molecule has 0 heterocycles. The van der Waals surface area contributed by atoms with E-state index in [9.17, 15) is 9.59 Å². The van der Waals surface area contributed by atoms with Gasteiger partial charge in [-0.25, -0.2) is 0 Å². The number of carbonyl (C=O) groups is 2. The van der Waals surface area contributed by atoms with Crippen LogP contribution < -0.4 is 15.8 Å². The molecule has 1 aliphatic rings. The molecule has 0 radical (unpaired) electrons. The Hall–Kier alpha value is -2.04. The van der Waals surface area contributed by atoms with Crippen molar-refractivity contribution >= 4 is 11.8 Å². The van der Waals surface area contributed by atoms with Crippen molar-refractivity contribution in [3.8, 4) is 5.75 Å². The number of primary amides is 1. The number of carbonyl (C=O) groups excluding carboxylic acids is 2. The van der Waals surface area contributed by atoms with Gasteiger partial charge in [-0.3, -0.25) is 9.59 Å². The first-order valence-electron chi connectivity index (χ1n) is 6.79. The zero-order valence-corrected chi connectivity index (χ0v) is 11.6. The Morgan fingerprint density at radius 3 is 2.35 bits per heavy atom. The lowest BCUT2D eigenvalue weighted by molar-refractivity contribution is -0.137. The molecule has 1 aromatic carbocycles. The van der Waals surface area contributed by atoms with Crippen LogP contribution in [0.25, 0.3) is 0 Å². The van der Waals surface area contributed by atoms with Gasteiger partial charge in [0.15, 0.2) is 0 Å². The van der Waals surface area contributed by atoms with Crippen LogP contribution in [0.15, 0.2) is 24.3 Å². The molecule has 0 spiro atoms. The second-order valence-electron chi connectivity index (χ2n) is 5.26. The quantitative estimate of drug-likeness (QED) is 0.808. The van der Waals surface area contributed by atoms with Crippen molar-refractivity contribution < 1.29 is 14.3 Å². The lowest BCUT2D eigenvalue weighted by atomic mass is 9.78. The Morgan fingerprint density at radius 1 is 1.25 bits per heavy atom. The van der Waals surface area contributed by atoms with Gasteiger partial charge in [-0.15, -0.1) is 0 Å². The zero-order valence-electron chi connectivity index (χ0n) is 11.6. The maximum atomic E-state index is 11.4. The number of methoxy groups -OCH3 is 1. The molecule has 2 rings (SSSR count). The molecule has 1 fully saturated rings. The fraction of sp³-hybridized carbons (Fsp3) is 0.467. The highest BCUT2D eigenvalue weighted by Gasteiger charge is 2.36. The molecule has 1 aliphatic carbocycles. The van der Waals surface area contributed by atoms with E-state index in [0.29, 0.717) is 6.54 Å². The fourth-order valence-electron chi connectivity index (χ4n) is 2.90. The molecule has 20 heavy (non-hydrogen) atoms. The van der Waals surface area contributed by atoms with E-state index in [-0.39, 0.29) is 5.41 Å². The molecule has 0 saturated heterocycles. The summed E-state index contributed by atoms with van der Waals surface area (Å²) in [6, 6.07) is 7.90. The first kappa shape index (κ1) is 14.4.